The molecule has 0 spiro atoms. The second-order valence-electron chi connectivity index (χ2n) is 4.69. The Morgan fingerprint density at radius 2 is 1.25 bits per heavy atom. The van der Waals surface area contributed by atoms with Gasteiger partial charge in [0.15, 0.2) is 0 Å². The summed E-state index contributed by atoms with van der Waals surface area (Å²) in [6.45, 7) is 8.21. The molecule has 0 saturated heterocycles. The van der Waals surface area contributed by atoms with Gasteiger partial charge >= 0.3 is 6.16 Å². The van der Waals surface area contributed by atoms with Crippen molar-refractivity contribution in [3.63, 3.8) is 0 Å². The normalized spacial score (nSPS) is 15.0. The third-order valence-electron chi connectivity index (χ3n) is 2.50. The summed E-state index contributed by atoms with van der Waals surface area (Å²) in [5.74, 6) is 0.538. The summed E-state index contributed by atoms with van der Waals surface area (Å²) in [7, 11) is 0. The van der Waals surface area contributed by atoms with Crippen LogP contribution in [0.5, 0.6) is 0 Å². The zero-order valence-corrected chi connectivity index (χ0v) is 10.6. The number of ether oxygens (including phenoxy) is 2. The molecule has 0 radical (unpaired) electrons. The minimum absolute atomic E-state index is 0.161. The van der Waals surface area contributed by atoms with Gasteiger partial charge in [-0.15, -0.1) is 0 Å². The first kappa shape index (κ1) is 15.2. The average Bonchev–Trinajstić information content (AvgIpc) is 2.21. The van der Waals surface area contributed by atoms with E-state index in [0.29, 0.717) is 0 Å². The van der Waals surface area contributed by atoms with E-state index in [1.807, 2.05) is 27.7 Å². The van der Waals surface area contributed by atoms with Crippen molar-refractivity contribution in [1.82, 2.24) is 0 Å². The van der Waals surface area contributed by atoms with Crippen molar-refractivity contribution in [3.05, 3.63) is 0 Å². The molecule has 2 atom stereocenters. The summed E-state index contributed by atoms with van der Waals surface area (Å²) < 4.78 is 9.71. The minimum atomic E-state index is -0.702. The molecular weight excluding hydrogens is 208 g/mol. The van der Waals surface area contributed by atoms with Crippen LogP contribution in [-0.2, 0) is 9.47 Å². The van der Waals surface area contributed by atoms with E-state index in [0.717, 1.165) is 0 Å². The summed E-state index contributed by atoms with van der Waals surface area (Å²) in [5.41, 5.74) is 11.4. The maximum absolute atomic E-state index is 11.1. The van der Waals surface area contributed by atoms with Crippen LogP contribution in [0.1, 0.15) is 27.7 Å². The Hall–Kier alpha value is -0.810. The summed E-state index contributed by atoms with van der Waals surface area (Å²) in [5, 5.41) is 0. The molecule has 0 aromatic heterocycles. The standard InChI is InChI=1S/C11H24N2O3/c1-7(2)9(12)5-15-11(14)16-6-10(13)8(3)4/h7-10H,5-6,12-13H2,1-4H3. The molecule has 0 heterocycles. The SMILES string of the molecule is CC(C)C(N)COC(=O)OCC(N)C(C)C. The molecule has 96 valence electrons. The van der Waals surface area contributed by atoms with Crippen molar-refractivity contribution < 1.29 is 14.3 Å². The first-order valence-electron chi connectivity index (χ1n) is 5.65. The van der Waals surface area contributed by atoms with Crippen LogP contribution in [0.2, 0.25) is 0 Å². The maximum atomic E-state index is 11.1. The van der Waals surface area contributed by atoms with Gasteiger partial charge in [0.2, 0.25) is 0 Å². The molecule has 5 nitrogen and oxygen atoms in total. The lowest BCUT2D eigenvalue weighted by atomic mass is 10.1. The number of nitrogens with two attached hydrogens (primary N) is 2. The molecular formula is C11H24N2O3. The van der Waals surface area contributed by atoms with Crippen molar-refractivity contribution in [2.45, 2.75) is 39.8 Å². The van der Waals surface area contributed by atoms with Gasteiger partial charge in [0.25, 0.3) is 0 Å². The molecule has 16 heavy (non-hydrogen) atoms. The van der Waals surface area contributed by atoms with Crippen molar-refractivity contribution in [2.75, 3.05) is 13.2 Å². The molecule has 0 saturated carbocycles. The van der Waals surface area contributed by atoms with Gasteiger partial charge in [-0.05, 0) is 11.8 Å². The van der Waals surface area contributed by atoms with Gasteiger partial charge in [-0.25, -0.2) is 4.79 Å². The van der Waals surface area contributed by atoms with Crippen LogP contribution in [0.4, 0.5) is 4.79 Å². The molecule has 0 bridgehead atoms. The summed E-state index contributed by atoms with van der Waals surface area (Å²) in [6, 6.07) is -0.322. The van der Waals surface area contributed by atoms with Crippen molar-refractivity contribution in [1.29, 1.82) is 0 Å². The van der Waals surface area contributed by atoms with Crippen LogP contribution in [-0.4, -0.2) is 31.5 Å². The van der Waals surface area contributed by atoms with Crippen molar-refractivity contribution in [3.8, 4) is 0 Å². The average molecular weight is 232 g/mol. The summed E-state index contributed by atoms with van der Waals surface area (Å²) >= 11 is 0. The van der Waals surface area contributed by atoms with Gasteiger partial charge in [-0.1, -0.05) is 27.7 Å². The Morgan fingerprint density at radius 3 is 1.50 bits per heavy atom. The highest BCUT2D eigenvalue weighted by atomic mass is 16.7. The monoisotopic (exact) mass is 232 g/mol. The third kappa shape index (κ3) is 6.63. The van der Waals surface area contributed by atoms with Crippen molar-refractivity contribution >= 4 is 6.16 Å². The van der Waals surface area contributed by atoms with E-state index in [1.165, 1.54) is 0 Å². The van der Waals surface area contributed by atoms with Gasteiger partial charge in [-0.3, -0.25) is 0 Å². The molecule has 0 amide bonds. The Kier molecular flexibility index (Phi) is 7.08. The van der Waals surface area contributed by atoms with Gasteiger partial charge in [0.05, 0.1) is 0 Å². The summed E-state index contributed by atoms with van der Waals surface area (Å²) in [6.07, 6.45) is -0.702. The second kappa shape index (κ2) is 7.46. The van der Waals surface area contributed by atoms with Gasteiger partial charge in [0.1, 0.15) is 13.2 Å². The molecule has 0 fully saturated rings. The second-order valence-corrected chi connectivity index (χ2v) is 4.69. The first-order valence-corrected chi connectivity index (χ1v) is 5.65. The number of carbonyl (C=O) groups is 1. The van der Waals surface area contributed by atoms with Gasteiger partial charge < -0.3 is 20.9 Å². The van der Waals surface area contributed by atoms with Crippen LogP contribution >= 0.6 is 0 Å². The van der Waals surface area contributed by atoms with Crippen LogP contribution in [0.3, 0.4) is 0 Å². The van der Waals surface area contributed by atoms with E-state index in [2.05, 4.69) is 0 Å². The van der Waals surface area contributed by atoms with Crippen LogP contribution in [0.25, 0.3) is 0 Å². The maximum Gasteiger partial charge on any atom is 0.508 e. The molecule has 0 aromatic rings. The predicted molar refractivity (Wildman–Crippen MR) is 62.9 cm³/mol. The van der Waals surface area contributed by atoms with E-state index < -0.39 is 6.16 Å². The zero-order valence-electron chi connectivity index (χ0n) is 10.6. The zero-order chi connectivity index (χ0) is 12.7. The molecule has 0 aliphatic carbocycles. The Labute approximate surface area is 97.5 Å². The lowest BCUT2D eigenvalue weighted by molar-refractivity contribution is 0.0417. The molecule has 0 aliphatic rings. The quantitative estimate of drug-likeness (QED) is 0.670. The highest BCUT2D eigenvalue weighted by molar-refractivity contribution is 5.59. The number of rotatable bonds is 6. The highest BCUT2D eigenvalue weighted by Crippen LogP contribution is 2.01. The predicted octanol–water partition coefficient (Wildman–Crippen LogP) is 1.11. The summed E-state index contributed by atoms with van der Waals surface area (Å²) in [4.78, 5) is 11.1. The fraction of sp³-hybridized carbons (Fsp3) is 0.909. The first-order chi connectivity index (χ1) is 7.34. The van der Waals surface area contributed by atoms with E-state index >= 15 is 0 Å². The molecule has 0 aromatic carbocycles. The Bertz CT molecular complexity index is 187. The topological polar surface area (TPSA) is 87.6 Å². The van der Waals surface area contributed by atoms with E-state index in [-0.39, 0.29) is 37.1 Å². The lowest BCUT2D eigenvalue weighted by Crippen LogP contribution is -2.35. The van der Waals surface area contributed by atoms with Gasteiger partial charge in [-0.2, -0.15) is 0 Å². The van der Waals surface area contributed by atoms with E-state index in [1.54, 1.807) is 0 Å². The van der Waals surface area contributed by atoms with E-state index in [4.69, 9.17) is 20.9 Å². The molecule has 5 heteroatoms. The molecule has 0 aliphatic heterocycles. The largest absolute Gasteiger partial charge is 0.508 e. The number of hydrogen-bond acceptors (Lipinski definition) is 5. The molecule has 0 rings (SSSR count). The van der Waals surface area contributed by atoms with Crippen LogP contribution < -0.4 is 11.5 Å². The third-order valence-corrected chi connectivity index (χ3v) is 2.50. The van der Waals surface area contributed by atoms with Crippen LogP contribution in [0.15, 0.2) is 0 Å². The van der Waals surface area contributed by atoms with Gasteiger partial charge in [0, 0.05) is 12.1 Å². The lowest BCUT2D eigenvalue weighted by Gasteiger charge is -2.17. The number of carbonyl (C=O) groups excluding carboxylic acids is 1. The van der Waals surface area contributed by atoms with E-state index in [9.17, 15) is 4.79 Å². The highest BCUT2D eigenvalue weighted by Gasteiger charge is 2.14. The smallest absolute Gasteiger partial charge is 0.433 e. The Morgan fingerprint density at radius 1 is 0.938 bits per heavy atom. The van der Waals surface area contributed by atoms with Crippen LogP contribution in [0, 0.1) is 11.8 Å². The Balaban J connectivity index is 3.67. The fourth-order valence-electron chi connectivity index (χ4n) is 0.755. The molecule has 4 N–H and O–H groups in total. The van der Waals surface area contributed by atoms with Crippen molar-refractivity contribution in [2.24, 2.45) is 23.3 Å². The fourth-order valence-corrected chi connectivity index (χ4v) is 0.755. The molecule has 2 unspecified atom stereocenters. The number of hydrogen-bond donors (Lipinski definition) is 2. The minimum Gasteiger partial charge on any atom is -0.433 e.